The minimum atomic E-state index is -0.316. The lowest BCUT2D eigenvalue weighted by Gasteiger charge is -2.09. The second-order valence-corrected chi connectivity index (χ2v) is 5.73. The quantitative estimate of drug-likeness (QED) is 0.795. The van der Waals surface area contributed by atoms with Gasteiger partial charge in [-0.15, -0.1) is 0 Å². The zero-order chi connectivity index (χ0) is 17.8. The zero-order valence-electron chi connectivity index (χ0n) is 13.7. The Kier molecular flexibility index (Phi) is 4.57. The van der Waals surface area contributed by atoms with E-state index in [1.165, 1.54) is 10.9 Å². The number of nitriles is 1. The highest BCUT2D eigenvalue weighted by atomic mass is 16.2. The molecule has 124 valence electrons. The molecule has 0 saturated carbocycles. The van der Waals surface area contributed by atoms with E-state index in [1.54, 1.807) is 36.4 Å². The Morgan fingerprint density at radius 2 is 2.00 bits per heavy atom. The number of nitrogens with one attached hydrogen (secondary N) is 1. The Labute approximate surface area is 144 Å². The molecule has 0 aliphatic rings. The number of fused-ring (bicyclic) bond motifs is 1. The predicted molar refractivity (Wildman–Crippen MR) is 95.1 cm³/mol. The minimum Gasteiger partial charge on any atom is -0.325 e. The molecule has 25 heavy (non-hydrogen) atoms. The Morgan fingerprint density at radius 1 is 1.24 bits per heavy atom. The van der Waals surface area contributed by atoms with Crippen LogP contribution in [0.2, 0.25) is 0 Å². The molecule has 1 aromatic heterocycles. The van der Waals surface area contributed by atoms with Gasteiger partial charge in [0.15, 0.2) is 0 Å². The summed E-state index contributed by atoms with van der Waals surface area (Å²) < 4.78 is 1.29. The van der Waals surface area contributed by atoms with Crippen molar-refractivity contribution < 1.29 is 4.79 Å². The van der Waals surface area contributed by atoms with Crippen LogP contribution in [0.1, 0.15) is 11.1 Å². The maximum absolute atomic E-state index is 12.5. The number of aryl methyl sites for hydroxylation is 1. The van der Waals surface area contributed by atoms with Crippen molar-refractivity contribution in [3.63, 3.8) is 0 Å². The summed E-state index contributed by atoms with van der Waals surface area (Å²) in [5.74, 6) is -0.316. The van der Waals surface area contributed by atoms with Crippen molar-refractivity contribution in [1.29, 1.82) is 5.26 Å². The third-order valence-corrected chi connectivity index (χ3v) is 3.89. The number of carbonyl (C=O) groups excluding carboxylic acids is 1. The van der Waals surface area contributed by atoms with E-state index in [2.05, 4.69) is 16.4 Å². The topological polar surface area (TPSA) is 87.8 Å². The number of nitrogens with zero attached hydrogens (tertiary/aromatic N) is 3. The van der Waals surface area contributed by atoms with Crippen molar-refractivity contribution in [3.05, 3.63) is 70.3 Å². The molecule has 0 fully saturated rings. The number of anilines is 1. The molecule has 0 bridgehead atoms. The van der Waals surface area contributed by atoms with Gasteiger partial charge in [-0.25, -0.2) is 4.98 Å². The SMILES string of the molecule is Cc1cccc2c(=O)n(CC(=O)Nc3ccc(CC#N)cc3)cnc12. The van der Waals surface area contributed by atoms with Crippen LogP contribution in [0.25, 0.3) is 10.9 Å². The number of amides is 1. The molecule has 6 nitrogen and oxygen atoms in total. The second-order valence-electron chi connectivity index (χ2n) is 5.73. The van der Waals surface area contributed by atoms with Gasteiger partial charge < -0.3 is 5.32 Å². The van der Waals surface area contributed by atoms with E-state index < -0.39 is 0 Å². The van der Waals surface area contributed by atoms with Gasteiger partial charge in [-0.3, -0.25) is 14.2 Å². The Morgan fingerprint density at radius 3 is 2.72 bits per heavy atom. The van der Waals surface area contributed by atoms with Crippen molar-refractivity contribution in [3.8, 4) is 6.07 Å². The molecule has 0 radical (unpaired) electrons. The van der Waals surface area contributed by atoms with Crippen LogP contribution in [0.4, 0.5) is 5.69 Å². The largest absolute Gasteiger partial charge is 0.325 e. The molecule has 0 atom stereocenters. The van der Waals surface area contributed by atoms with E-state index in [-0.39, 0.29) is 18.0 Å². The van der Waals surface area contributed by atoms with Crippen molar-refractivity contribution in [2.75, 3.05) is 5.32 Å². The number of rotatable bonds is 4. The van der Waals surface area contributed by atoms with Crippen LogP contribution < -0.4 is 10.9 Å². The third-order valence-electron chi connectivity index (χ3n) is 3.89. The number of para-hydroxylation sites is 1. The van der Waals surface area contributed by atoms with E-state index in [4.69, 9.17) is 5.26 Å². The van der Waals surface area contributed by atoms with Gasteiger partial charge in [0, 0.05) is 5.69 Å². The van der Waals surface area contributed by atoms with Gasteiger partial charge in [0.1, 0.15) is 6.54 Å². The van der Waals surface area contributed by atoms with Crippen LogP contribution in [0.5, 0.6) is 0 Å². The highest BCUT2D eigenvalue weighted by Crippen LogP contribution is 2.12. The maximum Gasteiger partial charge on any atom is 0.261 e. The summed E-state index contributed by atoms with van der Waals surface area (Å²) in [5, 5.41) is 11.9. The molecule has 1 N–H and O–H groups in total. The van der Waals surface area contributed by atoms with Gasteiger partial charge in [0.05, 0.1) is 29.7 Å². The first kappa shape index (κ1) is 16.4. The normalized spacial score (nSPS) is 10.4. The summed E-state index contributed by atoms with van der Waals surface area (Å²) in [6.45, 7) is 1.78. The highest BCUT2D eigenvalue weighted by molar-refractivity contribution is 5.90. The van der Waals surface area contributed by atoms with Crippen LogP contribution in [0.15, 0.2) is 53.6 Å². The van der Waals surface area contributed by atoms with Crippen molar-refractivity contribution >= 4 is 22.5 Å². The summed E-state index contributed by atoms with van der Waals surface area (Å²) in [6.07, 6.45) is 1.72. The first-order chi connectivity index (χ1) is 12.1. The fraction of sp³-hybridized carbons (Fsp3) is 0.158. The van der Waals surface area contributed by atoms with Crippen molar-refractivity contribution in [2.45, 2.75) is 19.9 Å². The third kappa shape index (κ3) is 3.56. The second kappa shape index (κ2) is 6.97. The number of hydrogen-bond acceptors (Lipinski definition) is 4. The van der Waals surface area contributed by atoms with E-state index in [0.717, 1.165) is 11.1 Å². The smallest absolute Gasteiger partial charge is 0.261 e. The van der Waals surface area contributed by atoms with Crippen LogP contribution >= 0.6 is 0 Å². The molecule has 3 aromatic rings. The average Bonchev–Trinajstić information content (AvgIpc) is 2.60. The standard InChI is InChI=1S/C19H16N4O2/c1-13-3-2-4-16-18(13)21-12-23(19(16)25)11-17(24)22-15-7-5-14(6-8-15)9-10-20/h2-8,12H,9,11H2,1H3,(H,22,24). The first-order valence-corrected chi connectivity index (χ1v) is 7.79. The molecule has 0 aliphatic heterocycles. The van der Waals surface area contributed by atoms with Crippen molar-refractivity contribution in [2.24, 2.45) is 0 Å². The molecular formula is C19H16N4O2. The highest BCUT2D eigenvalue weighted by Gasteiger charge is 2.09. The van der Waals surface area contributed by atoms with Crippen LogP contribution in [-0.2, 0) is 17.8 Å². The zero-order valence-corrected chi connectivity index (χ0v) is 13.7. The molecule has 1 amide bonds. The van der Waals surface area contributed by atoms with Gasteiger partial charge in [-0.2, -0.15) is 5.26 Å². The number of benzene rings is 2. The van der Waals surface area contributed by atoms with Gasteiger partial charge in [-0.1, -0.05) is 24.3 Å². The lowest BCUT2D eigenvalue weighted by atomic mass is 10.1. The van der Waals surface area contributed by atoms with E-state index in [1.807, 2.05) is 13.0 Å². The summed E-state index contributed by atoms with van der Waals surface area (Å²) >= 11 is 0. The van der Waals surface area contributed by atoms with Crippen LogP contribution in [0, 0.1) is 18.3 Å². The number of aromatic nitrogens is 2. The fourth-order valence-electron chi connectivity index (χ4n) is 2.60. The number of hydrogen-bond donors (Lipinski definition) is 1. The van der Waals surface area contributed by atoms with Gasteiger partial charge in [-0.05, 0) is 36.2 Å². The first-order valence-electron chi connectivity index (χ1n) is 7.79. The molecule has 0 unspecified atom stereocenters. The molecule has 1 heterocycles. The lowest BCUT2D eigenvalue weighted by molar-refractivity contribution is -0.116. The van der Waals surface area contributed by atoms with Crippen LogP contribution in [-0.4, -0.2) is 15.5 Å². The van der Waals surface area contributed by atoms with E-state index in [0.29, 0.717) is 23.0 Å². The lowest BCUT2D eigenvalue weighted by Crippen LogP contribution is -2.28. The summed E-state index contributed by atoms with van der Waals surface area (Å²) in [4.78, 5) is 29.0. The van der Waals surface area contributed by atoms with E-state index in [9.17, 15) is 9.59 Å². The van der Waals surface area contributed by atoms with Gasteiger partial charge >= 0.3 is 0 Å². The Balaban J connectivity index is 1.77. The van der Waals surface area contributed by atoms with Crippen LogP contribution in [0.3, 0.4) is 0 Å². The minimum absolute atomic E-state index is 0.115. The molecule has 0 spiro atoms. The Hall–Kier alpha value is -3.46. The predicted octanol–water partition coefficient (Wildman–Crippen LogP) is 2.41. The molecule has 0 saturated heterocycles. The maximum atomic E-state index is 12.5. The summed E-state index contributed by atoms with van der Waals surface area (Å²) in [6, 6.07) is 14.5. The van der Waals surface area contributed by atoms with Crippen molar-refractivity contribution in [1.82, 2.24) is 9.55 Å². The monoisotopic (exact) mass is 332 g/mol. The molecular weight excluding hydrogens is 316 g/mol. The Bertz CT molecular complexity index is 1030. The summed E-state index contributed by atoms with van der Waals surface area (Å²) in [7, 11) is 0. The fourth-order valence-corrected chi connectivity index (χ4v) is 2.60. The molecule has 6 heteroatoms. The van der Waals surface area contributed by atoms with E-state index >= 15 is 0 Å². The molecule has 2 aromatic carbocycles. The van der Waals surface area contributed by atoms with Gasteiger partial charge in [0.25, 0.3) is 5.56 Å². The average molecular weight is 332 g/mol. The molecule has 3 rings (SSSR count). The number of carbonyl (C=O) groups is 1. The molecule has 0 aliphatic carbocycles. The summed E-state index contributed by atoms with van der Waals surface area (Å²) in [5.41, 5.74) is 2.82. The van der Waals surface area contributed by atoms with Gasteiger partial charge in [0.2, 0.25) is 5.91 Å².